The zero-order valence-corrected chi connectivity index (χ0v) is 10.6. The number of amides is 1. The second kappa shape index (κ2) is 4.73. The molecule has 1 atom stereocenters. The monoisotopic (exact) mass is 249 g/mol. The normalized spacial score (nSPS) is 16.8. The summed E-state index contributed by atoms with van der Waals surface area (Å²) in [6, 6.07) is 17.9. The maximum Gasteiger partial charge on any atom is 0.252 e. The molecule has 2 heteroatoms. The first-order valence-electron chi connectivity index (χ1n) is 6.38. The summed E-state index contributed by atoms with van der Waals surface area (Å²) < 4.78 is 0. The quantitative estimate of drug-likeness (QED) is 0.885. The molecule has 94 valence electrons. The zero-order chi connectivity index (χ0) is 13.2. The lowest BCUT2D eigenvalue weighted by molar-refractivity contribution is 0.0957. The summed E-state index contributed by atoms with van der Waals surface area (Å²) in [5, 5.41) is 3.02. The van der Waals surface area contributed by atoms with Gasteiger partial charge in [-0.2, -0.15) is 0 Å². The van der Waals surface area contributed by atoms with Gasteiger partial charge in [-0.15, -0.1) is 0 Å². The Morgan fingerprint density at radius 2 is 1.74 bits per heavy atom. The van der Waals surface area contributed by atoms with E-state index in [0.717, 1.165) is 28.7 Å². The summed E-state index contributed by atoms with van der Waals surface area (Å²) in [6.07, 6.45) is 0.743. The molecule has 0 saturated heterocycles. The largest absolute Gasteiger partial charge is 0.345 e. The molecule has 1 unspecified atom stereocenters. The third kappa shape index (κ3) is 2.17. The van der Waals surface area contributed by atoms with Crippen molar-refractivity contribution < 1.29 is 4.79 Å². The maximum absolute atomic E-state index is 11.9. The summed E-state index contributed by atoms with van der Waals surface area (Å²) in [4.78, 5) is 11.9. The van der Waals surface area contributed by atoms with Crippen LogP contribution in [0.1, 0.15) is 33.9 Å². The number of carbonyl (C=O) groups is 1. The van der Waals surface area contributed by atoms with Gasteiger partial charge in [0.15, 0.2) is 0 Å². The Labute approximate surface area is 112 Å². The number of fused-ring (bicyclic) bond motifs is 1. The van der Waals surface area contributed by atoms with Crippen LogP contribution in [0.2, 0.25) is 0 Å². The van der Waals surface area contributed by atoms with Gasteiger partial charge in [0.05, 0.1) is 6.04 Å². The molecule has 19 heavy (non-hydrogen) atoms. The summed E-state index contributed by atoms with van der Waals surface area (Å²) in [6.45, 7) is 4.14. The average Bonchev–Trinajstić information content (AvgIpc) is 2.77. The first-order valence-corrected chi connectivity index (χ1v) is 6.38. The van der Waals surface area contributed by atoms with E-state index < -0.39 is 0 Å². The fraction of sp³-hybridized carbons (Fsp3) is 0.118. The molecule has 1 heterocycles. The molecule has 0 aromatic heterocycles. The Morgan fingerprint density at radius 3 is 2.53 bits per heavy atom. The van der Waals surface area contributed by atoms with Crippen LogP contribution in [0.25, 0.3) is 5.57 Å². The number of rotatable bonds is 3. The lowest BCUT2D eigenvalue weighted by Gasteiger charge is -2.14. The molecule has 0 radical (unpaired) electrons. The highest BCUT2D eigenvalue weighted by atomic mass is 16.2. The second-order valence-electron chi connectivity index (χ2n) is 4.79. The molecular formula is C17H15NO. The molecule has 2 aromatic rings. The van der Waals surface area contributed by atoms with Crippen molar-refractivity contribution in [3.63, 3.8) is 0 Å². The van der Waals surface area contributed by atoms with E-state index in [1.54, 1.807) is 0 Å². The molecule has 0 spiro atoms. The van der Waals surface area contributed by atoms with Crippen molar-refractivity contribution in [3.05, 3.63) is 77.9 Å². The van der Waals surface area contributed by atoms with Crippen LogP contribution in [0, 0.1) is 0 Å². The number of carbonyl (C=O) groups excluding carboxylic acids is 1. The van der Waals surface area contributed by atoms with E-state index in [-0.39, 0.29) is 11.9 Å². The molecule has 0 aliphatic carbocycles. The number of hydrogen-bond donors (Lipinski definition) is 1. The zero-order valence-electron chi connectivity index (χ0n) is 10.6. The molecule has 0 bridgehead atoms. The molecule has 0 fully saturated rings. The minimum absolute atomic E-state index is 0.0152. The van der Waals surface area contributed by atoms with Crippen molar-refractivity contribution in [2.75, 3.05) is 0 Å². The summed E-state index contributed by atoms with van der Waals surface area (Å²) in [5.74, 6) is 0.0152. The SMILES string of the molecule is C=C(CC1NC(=O)c2ccccc21)c1ccccc1. The summed E-state index contributed by atoms with van der Waals surface area (Å²) in [7, 11) is 0. The van der Waals surface area contributed by atoms with Crippen molar-refractivity contribution in [2.45, 2.75) is 12.5 Å². The van der Waals surface area contributed by atoms with E-state index in [4.69, 9.17) is 0 Å². The van der Waals surface area contributed by atoms with E-state index in [1.807, 2.05) is 54.6 Å². The van der Waals surface area contributed by atoms with E-state index in [1.165, 1.54) is 0 Å². The third-order valence-electron chi connectivity index (χ3n) is 3.52. The van der Waals surface area contributed by atoms with Crippen molar-refractivity contribution in [1.82, 2.24) is 5.32 Å². The van der Waals surface area contributed by atoms with Crippen LogP contribution < -0.4 is 5.32 Å². The van der Waals surface area contributed by atoms with Gasteiger partial charge in [-0.05, 0) is 29.2 Å². The van der Waals surface area contributed by atoms with E-state index in [9.17, 15) is 4.79 Å². The molecule has 1 aliphatic heterocycles. The van der Waals surface area contributed by atoms with Gasteiger partial charge in [0.25, 0.3) is 5.91 Å². The highest BCUT2D eigenvalue weighted by Crippen LogP contribution is 2.32. The van der Waals surface area contributed by atoms with Gasteiger partial charge in [-0.1, -0.05) is 55.1 Å². The lowest BCUT2D eigenvalue weighted by Crippen LogP contribution is -2.19. The van der Waals surface area contributed by atoms with Gasteiger partial charge in [-0.3, -0.25) is 4.79 Å². The molecule has 1 amide bonds. The van der Waals surface area contributed by atoms with E-state index >= 15 is 0 Å². The van der Waals surface area contributed by atoms with Crippen LogP contribution >= 0.6 is 0 Å². The maximum atomic E-state index is 11.9. The topological polar surface area (TPSA) is 29.1 Å². The standard InChI is InChI=1S/C17H15NO/c1-12(13-7-3-2-4-8-13)11-16-14-9-5-6-10-15(14)17(19)18-16/h2-10,16H,1,11H2,(H,18,19). The molecule has 3 rings (SSSR count). The van der Waals surface area contributed by atoms with Crippen molar-refractivity contribution in [3.8, 4) is 0 Å². The van der Waals surface area contributed by atoms with Gasteiger partial charge in [0, 0.05) is 5.56 Å². The molecule has 0 saturated carbocycles. The average molecular weight is 249 g/mol. The van der Waals surface area contributed by atoms with Gasteiger partial charge in [-0.25, -0.2) is 0 Å². The molecular weight excluding hydrogens is 234 g/mol. The van der Waals surface area contributed by atoms with Crippen LogP contribution in [0.3, 0.4) is 0 Å². The van der Waals surface area contributed by atoms with Crippen LogP contribution in [0.15, 0.2) is 61.2 Å². The van der Waals surface area contributed by atoms with Gasteiger partial charge in [0.2, 0.25) is 0 Å². The fourth-order valence-corrected chi connectivity index (χ4v) is 2.52. The Kier molecular flexibility index (Phi) is 2.92. The molecule has 2 aromatic carbocycles. The van der Waals surface area contributed by atoms with Crippen LogP contribution in [-0.4, -0.2) is 5.91 Å². The Balaban J connectivity index is 1.83. The van der Waals surface area contributed by atoms with Crippen LogP contribution in [0.4, 0.5) is 0 Å². The predicted molar refractivity (Wildman–Crippen MR) is 76.7 cm³/mol. The summed E-state index contributed by atoms with van der Waals surface area (Å²) in [5.41, 5.74) is 4.03. The number of hydrogen-bond acceptors (Lipinski definition) is 1. The van der Waals surface area contributed by atoms with Gasteiger partial charge in [0.1, 0.15) is 0 Å². The highest BCUT2D eigenvalue weighted by Gasteiger charge is 2.28. The third-order valence-corrected chi connectivity index (χ3v) is 3.52. The molecule has 1 N–H and O–H groups in total. The number of nitrogens with one attached hydrogen (secondary N) is 1. The van der Waals surface area contributed by atoms with Crippen LogP contribution in [-0.2, 0) is 0 Å². The van der Waals surface area contributed by atoms with E-state index in [0.29, 0.717) is 0 Å². The van der Waals surface area contributed by atoms with Gasteiger partial charge >= 0.3 is 0 Å². The second-order valence-corrected chi connectivity index (χ2v) is 4.79. The first kappa shape index (κ1) is 11.7. The van der Waals surface area contributed by atoms with Gasteiger partial charge < -0.3 is 5.32 Å². The summed E-state index contributed by atoms with van der Waals surface area (Å²) >= 11 is 0. The molecule has 1 aliphatic rings. The van der Waals surface area contributed by atoms with E-state index in [2.05, 4.69) is 11.9 Å². The number of benzene rings is 2. The highest BCUT2D eigenvalue weighted by molar-refractivity contribution is 5.99. The van der Waals surface area contributed by atoms with Crippen molar-refractivity contribution in [1.29, 1.82) is 0 Å². The van der Waals surface area contributed by atoms with Crippen LogP contribution in [0.5, 0.6) is 0 Å². The Bertz CT molecular complexity index is 631. The molecule has 2 nitrogen and oxygen atoms in total. The minimum atomic E-state index is 0.0152. The Hall–Kier alpha value is -2.35. The lowest BCUT2D eigenvalue weighted by atomic mass is 9.95. The fourth-order valence-electron chi connectivity index (χ4n) is 2.52. The predicted octanol–water partition coefficient (Wildman–Crippen LogP) is 3.57. The van der Waals surface area contributed by atoms with Crippen molar-refractivity contribution in [2.24, 2.45) is 0 Å². The first-order chi connectivity index (χ1) is 9.25. The Morgan fingerprint density at radius 1 is 1.05 bits per heavy atom. The smallest absolute Gasteiger partial charge is 0.252 e. The minimum Gasteiger partial charge on any atom is -0.345 e. The van der Waals surface area contributed by atoms with Crippen molar-refractivity contribution >= 4 is 11.5 Å².